The van der Waals surface area contributed by atoms with Gasteiger partial charge in [-0.25, -0.2) is 0 Å². The van der Waals surface area contributed by atoms with Gasteiger partial charge in [-0.15, -0.1) is 0 Å². The Morgan fingerprint density at radius 1 is 1.35 bits per heavy atom. The predicted octanol–water partition coefficient (Wildman–Crippen LogP) is 1.52. The summed E-state index contributed by atoms with van der Waals surface area (Å²) in [6, 6.07) is 10.2. The van der Waals surface area contributed by atoms with Crippen molar-refractivity contribution in [2.24, 2.45) is 5.92 Å². The number of aliphatic hydroxyl groups excluding tert-OH is 1. The second kappa shape index (κ2) is 5.63. The second-order valence-electron chi connectivity index (χ2n) is 4.69. The third-order valence-electron chi connectivity index (χ3n) is 3.56. The highest BCUT2D eigenvalue weighted by molar-refractivity contribution is 5.27. The summed E-state index contributed by atoms with van der Waals surface area (Å²) in [5.41, 5.74) is 0.904. The topological polar surface area (TPSA) is 41.5 Å². The minimum absolute atomic E-state index is 0.144. The molecule has 0 heterocycles. The minimum atomic E-state index is -0.278. The van der Waals surface area contributed by atoms with Gasteiger partial charge in [-0.1, -0.05) is 30.3 Å². The van der Waals surface area contributed by atoms with Crippen LogP contribution in [0, 0.1) is 5.92 Å². The van der Waals surface area contributed by atoms with Crippen molar-refractivity contribution in [3.05, 3.63) is 35.9 Å². The molecule has 0 saturated heterocycles. The Morgan fingerprint density at radius 2 is 2.06 bits per heavy atom. The molecule has 1 atom stereocenters. The van der Waals surface area contributed by atoms with Gasteiger partial charge in [0.25, 0.3) is 0 Å². The molecule has 0 spiro atoms. The lowest BCUT2D eigenvalue weighted by molar-refractivity contribution is 0.121. The van der Waals surface area contributed by atoms with Crippen LogP contribution in [-0.4, -0.2) is 32.0 Å². The summed E-state index contributed by atoms with van der Waals surface area (Å²) in [7, 11) is 1.70. The monoisotopic (exact) mass is 235 g/mol. The van der Waals surface area contributed by atoms with E-state index in [0.717, 1.165) is 6.54 Å². The number of rotatable bonds is 7. The van der Waals surface area contributed by atoms with Crippen LogP contribution in [0.25, 0.3) is 0 Å². The van der Waals surface area contributed by atoms with E-state index >= 15 is 0 Å². The van der Waals surface area contributed by atoms with Crippen molar-refractivity contribution in [1.29, 1.82) is 0 Å². The van der Waals surface area contributed by atoms with E-state index in [2.05, 4.69) is 17.4 Å². The molecule has 1 aliphatic carbocycles. The number of aliphatic hydroxyl groups is 1. The molecule has 3 nitrogen and oxygen atoms in total. The zero-order valence-electron chi connectivity index (χ0n) is 10.4. The molecule has 0 bridgehead atoms. The first kappa shape index (κ1) is 12.6. The van der Waals surface area contributed by atoms with E-state index in [4.69, 9.17) is 4.74 Å². The molecule has 1 fully saturated rings. The van der Waals surface area contributed by atoms with Crippen LogP contribution in [0.2, 0.25) is 0 Å². The summed E-state index contributed by atoms with van der Waals surface area (Å²) in [5, 5.41) is 13.3. The standard InChI is InChI=1S/C14H21NO2/c1-17-10-9-15-14(11-16,13-7-8-13)12-5-3-2-4-6-12/h2-6,13,15-16H,7-11H2,1H3. The largest absolute Gasteiger partial charge is 0.394 e. The van der Waals surface area contributed by atoms with Gasteiger partial charge in [-0.3, -0.25) is 0 Å². The number of ether oxygens (including phenoxy) is 1. The van der Waals surface area contributed by atoms with Gasteiger partial charge in [-0.2, -0.15) is 0 Å². The summed E-state index contributed by atoms with van der Waals surface area (Å²) in [6.07, 6.45) is 2.38. The van der Waals surface area contributed by atoms with Crippen molar-refractivity contribution < 1.29 is 9.84 Å². The summed E-state index contributed by atoms with van der Waals surface area (Å²) in [4.78, 5) is 0. The Bertz CT molecular complexity index is 337. The highest BCUT2D eigenvalue weighted by atomic mass is 16.5. The van der Waals surface area contributed by atoms with Crippen molar-refractivity contribution >= 4 is 0 Å². The van der Waals surface area contributed by atoms with Crippen LogP contribution in [0.5, 0.6) is 0 Å². The van der Waals surface area contributed by atoms with Crippen LogP contribution in [0.15, 0.2) is 30.3 Å². The molecule has 0 radical (unpaired) electrons. The molecule has 1 aliphatic rings. The average molecular weight is 235 g/mol. The lowest BCUT2D eigenvalue weighted by atomic mass is 9.85. The molecule has 1 unspecified atom stereocenters. The first-order valence-corrected chi connectivity index (χ1v) is 6.24. The van der Waals surface area contributed by atoms with Crippen molar-refractivity contribution in [2.45, 2.75) is 18.4 Å². The van der Waals surface area contributed by atoms with Crippen LogP contribution >= 0.6 is 0 Å². The average Bonchev–Trinajstić information content (AvgIpc) is 3.21. The van der Waals surface area contributed by atoms with Crippen LogP contribution < -0.4 is 5.32 Å². The van der Waals surface area contributed by atoms with E-state index in [1.807, 2.05) is 18.2 Å². The maximum Gasteiger partial charge on any atom is 0.0698 e. The first-order chi connectivity index (χ1) is 8.33. The molecular weight excluding hydrogens is 214 g/mol. The van der Waals surface area contributed by atoms with Gasteiger partial charge in [0.2, 0.25) is 0 Å². The van der Waals surface area contributed by atoms with E-state index < -0.39 is 0 Å². The molecule has 1 aromatic rings. The molecule has 2 rings (SSSR count). The van der Waals surface area contributed by atoms with Gasteiger partial charge in [0.05, 0.1) is 18.8 Å². The number of benzene rings is 1. The zero-order chi connectivity index (χ0) is 12.1. The van der Waals surface area contributed by atoms with Gasteiger partial charge < -0.3 is 15.2 Å². The fourth-order valence-electron chi connectivity index (χ4n) is 2.45. The summed E-state index contributed by atoms with van der Waals surface area (Å²) < 4.78 is 5.07. The maximum absolute atomic E-state index is 9.84. The zero-order valence-corrected chi connectivity index (χ0v) is 10.4. The van der Waals surface area contributed by atoms with E-state index in [-0.39, 0.29) is 12.1 Å². The third kappa shape index (κ3) is 2.68. The number of hydrogen-bond acceptors (Lipinski definition) is 3. The number of methoxy groups -OCH3 is 1. The normalized spacial score (nSPS) is 18.9. The Hall–Kier alpha value is -0.900. The Labute approximate surface area is 103 Å². The molecule has 0 aliphatic heterocycles. The molecule has 94 valence electrons. The highest BCUT2D eigenvalue weighted by Gasteiger charge is 2.45. The number of hydrogen-bond donors (Lipinski definition) is 2. The maximum atomic E-state index is 9.84. The Kier molecular flexibility index (Phi) is 4.15. The molecule has 1 aromatic carbocycles. The second-order valence-corrected chi connectivity index (χ2v) is 4.69. The van der Waals surface area contributed by atoms with E-state index in [1.54, 1.807) is 7.11 Å². The number of nitrogens with one attached hydrogen (secondary N) is 1. The first-order valence-electron chi connectivity index (χ1n) is 6.24. The minimum Gasteiger partial charge on any atom is -0.394 e. The van der Waals surface area contributed by atoms with Crippen molar-refractivity contribution in [3.63, 3.8) is 0 Å². The molecule has 0 aromatic heterocycles. The summed E-state index contributed by atoms with van der Waals surface area (Å²) >= 11 is 0. The predicted molar refractivity (Wildman–Crippen MR) is 67.8 cm³/mol. The van der Waals surface area contributed by atoms with Crippen molar-refractivity contribution in [1.82, 2.24) is 5.32 Å². The van der Waals surface area contributed by atoms with Crippen molar-refractivity contribution in [2.75, 3.05) is 26.9 Å². The van der Waals surface area contributed by atoms with E-state index in [1.165, 1.54) is 18.4 Å². The van der Waals surface area contributed by atoms with Gasteiger partial charge in [0.15, 0.2) is 0 Å². The van der Waals surface area contributed by atoms with Gasteiger partial charge >= 0.3 is 0 Å². The summed E-state index contributed by atoms with van der Waals surface area (Å²) in [6.45, 7) is 1.58. The quantitative estimate of drug-likeness (QED) is 0.704. The fraction of sp³-hybridized carbons (Fsp3) is 0.571. The third-order valence-corrected chi connectivity index (χ3v) is 3.56. The molecule has 17 heavy (non-hydrogen) atoms. The molecule has 1 saturated carbocycles. The molecule has 3 heteroatoms. The van der Waals surface area contributed by atoms with Gasteiger partial charge in [0, 0.05) is 13.7 Å². The smallest absolute Gasteiger partial charge is 0.0698 e. The van der Waals surface area contributed by atoms with Gasteiger partial charge in [0.1, 0.15) is 0 Å². The van der Waals surface area contributed by atoms with E-state index in [9.17, 15) is 5.11 Å². The molecule has 2 N–H and O–H groups in total. The highest BCUT2D eigenvalue weighted by Crippen LogP contribution is 2.45. The SMILES string of the molecule is COCCNC(CO)(c1ccccc1)C1CC1. The fourth-order valence-corrected chi connectivity index (χ4v) is 2.45. The summed E-state index contributed by atoms with van der Waals surface area (Å²) in [5.74, 6) is 0.548. The van der Waals surface area contributed by atoms with Crippen LogP contribution in [0.1, 0.15) is 18.4 Å². The molecule has 0 amide bonds. The van der Waals surface area contributed by atoms with Crippen LogP contribution in [0.4, 0.5) is 0 Å². The Balaban J connectivity index is 2.17. The van der Waals surface area contributed by atoms with Crippen LogP contribution in [-0.2, 0) is 10.3 Å². The Morgan fingerprint density at radius 3 is 2.59 bits per heavy atom. The van der Waals surface area contributed by atoms with E-state index in [0.29, 0.717) is 12.5 Å². The lowest BCUT2D eigenvalue weighted by Gasteiger charge is -2.34. The molecular formula is C14H21NO2. The van der Waals surface area contributed by atoms with Gasteiger partial charge in [-0.05, 0) is 24.3 Å². The van der Waals surface area contributed by atoms with Crippen LogP contribution in [0.3, 0.4) is 0 Å². The lowest BCUT2D eigenvalue weighted by Crippen LogP contribution is -2.48. The van der Waals surface area contributed by atoms with Crippen molar-refractivity contribution in [3.8, 4) is 0 Å².